The molecule has 2 fully saturated rings. The molecular formula is C46H52F3N9O5. The van der Waals surface area contributed by atoms with Gasteiger partial charge < -0.3 is 34.1 Å². The van der Waals surface area contributed by atoms with Gasteiger partial charge in [0.05, 0.1) is 25.5 Å². The Bertz CT molecular complexity index is 2530. The second kappa shape index (κ2) is 17.8. The maximum Gasteiger partial charge on any atom is 0.264 e. The number of benzene rings is 2. The van der Waals surface area contributed by atoms with Gasteiger partial charge in [0.2, 0.25) is 17.7 Å². The molecule has 5 aliphatic rings. The molecule has 2 aromatic heterocycles. The number of piperidine rings is 2. The summed E-state index contributed by atoms with van der Waals surface area (Å²) in [6, 6.07) is 7.14. The van der Waals surface area contributed by atoms with Gasteiger partial charge in [-0.05, 0) is 79.1 Å². The van der Waals surface area contributed by atoms with Crippen LogP contribution < -0.4 is 25.2 Å². The van der Waals surface area contributed by atoms with Gasteiger partial charge in [-0.3, -0.25) is 29.9 Å². The molecule has 2 aromatic carbocycles. The summed E-state index contributed by atoms with van der Waals surface area (Å²) in [5.41, 5.74) is 5.30. The predicted molar refractivity (Wildman–Crippen MR) is 232 cm³/mol. The lowest BCUT2D eigenvalue weighted by atomic mass is 9.91. The van der Waals surface area contributed by atoms with E-state index in [0.717, 1.165) is 11.3 Å². The van der Waals surface area contributed by atoms with Crippen molar-refractivity contribution in [2.24, 2.45) is 0 Å². The van der Waals surface area contributed by atoms with Gasteiger partial charge in [0.15, 0.2) is 0 Å². The smallest absolute Gasteiger partial charge is 0.264 e. The average Bonchev–Trinajstić information content (AvgIpc) is 3.88. The van der Waals surface area contributed by atoms with E-state index < -0.39 is 30.1 Å². The number of nitrogens with one attached hydrogen (secondary N) is 3. The van der Waals surface area contributed by atoms with Crippen molar-refractivity contribution in [3.05, 3.63) is 88.3 Å². The number of fused-ring (bicyclic) bond motifs is 3. The molecule has 4 aromatic rings. The normalized spacial score (nSPS) is 19.2. The number of anilines is 2. The van der Waals surface area contributed by atoms with Crippen molar-refractivity contribution >= 4 is 46.5 Å². The molecule has 0 saturated carbocycles. The highest BCUT2D eigenvalue weighted by atomic mass is 19.3. The lowest BCUT2D eigenvalue weighted by Crippen LogP contribution is -2.52. The van der Waals surface area contributed by atoms with Gasteiger partial charge in [0.1, 0.15) is 29.1 Å². The predicted octanol–water partition coefficient (Wildman–Crippen LogP) is 6.37. The number of rotatable bonds is 8. The summed E-state index contributed by atoms with van der Waals surface area (Å²) in [5, 5.41) is 15.6. The van der Waals surface area contributed by atoms with E-state index in [9.17, 15) is 33.4 Å². The number of nitrogens with zero attached hydrogens (tertiary/aromatic N) is 6. The molecule has 4 amide bonds. The summed E-state index contributed by atoms with van der Waals surface area (Å²) in [7, 11) is 1.50. The fourth-order valence-electron chi connectivity index (χ4n) is 9.51. The van der Waals surface area contributed by atoms with E-state index in [1.165, 1.54) is 31.1 Å². The van der Waals surface area contributed by atoms with Crippen LogP contribution in [-0.2, 0) is 27.3 Å². The van der Waals surface area contributed by atoms with E-state index in [0.29, 0.717) is 103 Å². The van der Waals surface area contributed by atoms with Gasteiger partial charge in [-0.15, -0.1) is 0 Å². The maximum atomic E-state index is 15.7. The lowest BCUT2D eigenvalue weighted by molar-refractivity contribution is -0.137. The number of hydrogen-bond acceptors (Lipinski definition) is 9. The van der Waals surface area contributed by atoms with Crippen LogP contribution in [0.15, 0.2) is 60.2 Å². The summed E-state index contributed by atoms with van der Waals surface area (Å²) in [5.74, 6) is -1.40. The Morgan fingerprint density at radius 3 is 2.41 bits per heavy atom. The lowest BCUT2D eigenvalue weighted by Gasteiger charge is -2.39. The van der Waals surface area contributed by atoms with Crippen LogP contribution in [-0.4, -0.2) is 101 Å². The summed E-state index contributed by atoms with van der Waals surface area (Å²) >= 11 is 0. The number of hydrogen-bond donors (Lipinski definition) is 3. The summed E-state index contributed by atoms with van der Waals surface area (Å²) < 4.78 is 53.1. The Morgan fingerprint density at radius 1 is 0.921 bits per heavy atom. The van der Waals surface area contributed by atoms with Gasteiger partial charge in [-0.2, -0.15) is 0 Å². The van der Waals surface area contributed by atoms with E-state index in [-0.39, 0.29) is 60.7 Å². The third-order valence-electron chi connectivity index (χ3n) is 12.8. The first-order chi connectivity index (χ1) is 30.4. The standard InChI is InChI=1S/C44H46F3N9O5.C2H6/c1-24(57)53-14-9-34(50-27-7-12-52(13-8-27)37-17-26-21-56(44(60)28(26)18-33(37)45)35-5-6-40(58)51-43(35)59)32(22-53)42(48)55-11-3-4-25-16-29(31(41(46)47)19-36(25)55)30-20-39-49-10-15-54(39)23-38(30)61-2;1-2/h10,15-20,23,27,35,41,48,50H,3-9,11-14,21-22H2,1-2H3,(H,51,58,59);1-2H3. The number of aromatic nitrogens is 2. The second-order valence-electron chi connectivity index (χ2n) is 16.3. The first-order valence-corrected chi connectivity index (χ1v) is 21.7. The zero-order valence-electron chi connectivity index (χ0n) is 35.9. The minimum Gasteiger partial charge on any atom is -0.495 e. The fraction of sp³-hybridized carbons (Fsp3) is 0.435. The quantitative estimate of drug-likeness (QED) is 0.104. The van der Waals surface area contributed by atoms with Crippen molar-refractivity contribution in [2.75, 3.05) is 49.6 Å². The molecular weight excluding hydrogens is 816 g/mol. The fourth-order valence-corrected chi connectivity index (χ4v) is 9.51. The molecule has 63 heavy (non-hydrogen) atoms. The van der Waals surface area contributed by atoms with Crippen LogP contribution in [0.2, 0.25) is 0 Å². The van der Waals surface area contributed by atoms with Crippen LogP contribution in [0.3, 0.4) is 0 Å². The number of alkyl halides is 2. The highest BCUT2D eigenvalue weighted by Crippen LogP contribution is 2.43. The highest BCUT2D eigenvalue weighted by molar-refractivity contribution is 6.10. The summed E-state index contributed by atoms with van der Waals surface area (Å²) in [6.45, 7) is 7.75. The van der Waals surface area contributed by atoms with Gasteiger partial charge in [0, 0.05) is 105 Å². The van der Waals surface area contributed by atoms with Crippen LogP contribution in [0.4, 0.5) is 24.5 Å². The van der Waals surface area contributed by atoms with Crippen molar-refractivity contribution in [2.45, 2.75) is 90.8 Å². The molecule has 0 bridgehead atoms. The number of amidine groups is 1. The van der Waals surface area contributed by atoms with Crippen LogP contribution in [0.1, 0.15) is 92.8 Å². The molecule has 0 spiro atoms. The number of methoxy groups -OCH3 is 1. The van der Waals surface area contributed by atoms with Gasteiger partial charge in [-0.1, -0.05) is 13.8 Å². The number of pyridine rings is 1. The Labute approximate surface area is 363 Å². The first-order valence-electron chi connectivity index (χ1n) is 21.7. The summed E-state index contributed by atoms with van der Waals surface area (Å²) in [4.78, 5) is 61.3. The highest BCUT2D eigenvalue weighted by Gasteiger charge is 2.40. The number of carbonyl (C=O) groups is 4. The van der Waals surface area contributed by atoms with Crippen molar-refractivity contribution < 1.29 is 37.1 Å². The molecule has 5 aliphatic heterocycles. The third-order valence-corrected chi connectivity index (χ3v) is 12.8. The van der Waals surface area contributed by atoms with Gasteiger partial charge in [0.25, 0.3) is 12.3 Å². The molecule has 0 aliphatic carbocycles. The second-order valence-corrected chi connectivity index (χ2v) is 16.3. The largest absolute Gasteiger partial charge is 0.495 e. The van der Waals surface area contributed by atoms with Crippen molar-refractivity contribution in [1.82, 2.24) is 29.8 Å². The van der Waals surface area contributed by atoms with Crippen molar-refractivity contribution in [3.63, 3.8) is 0 Å². The topological polar surface area (TPSA) is 156 Å². The van der Waals surface area contributed by atoms with E-state index in [1.807, 2.05) is 18.7 Å². The number of aryl methyl sites for hydroxylation is 1. The van der Waals surface area contributed by atoms with E-state index in [1.54, 1.807) is 51.0 Å². The number of imidazole rings is 1. The third kappa shape index (κ3) is 8.20. The number of ether oxygens (including phenoxy) is 1. The van der Waals surface area contributed by atoms with Crippen LogP contribution >= 0.6 is 0 Å². The van der Waals surface area contributed by atoms with Gasteiger partial charge >= 0.3 is 0 Å². The van der Waals surface area contributed by atoms with Gasteiger partial charge in [-0.25, -0.2) is 18.2 Å². The Hall–Kier alpha value is -6.39. The van der Waals surface area contributed by atoms with E-state index in [4.69, 9.17) is 4.74 Å². The molecule has 17 heteroatoms. The van der Waals surface area contributed by atoms with Crippen LogP contribution in [0.25, 0.3) is 16.8 Å². The molecule has 2 saturated heterocycles. The molecule has 332 valence electrons. The number of carbonyl (C=O) groups excluding carboxylic acids is 4. The summed E-state index contributed by atoms with van der Waals surface area (Å²) in [6.07, 6.45) is 5.72. The number of amides is 4. The first kappa shape index (κ1) is 43.3. The van der Waals surface area contributed by atoms with E-state index in [2.05, 4.69) is 15.6 Å². The Kier molecular flexibility index (Phi) is 12.2. The van der Waals surface area contributed by atoms with Crippen LogP contribution in [0, 0.1) is 11.2 Å². The number of imide groups is 1. The van der Waals surface area contributed by atoms with Crippen LogP contribution in [0.5, 0.6) is 5.75 Å². The Balaban J connectivity index is 0.00000268. The molecule has 1 atom stereocenters. The minimum absolute atomic E-state index is 0.0240. The van der Waals surface area contributed by atoms with E-state index >= 15 is 4.39 Å². The molecule has 9 rings (SSSR count). The van der Waals surface area contributed by atoms with Crippen molar-refractivity contribution in [1.29, 1.82) is 5.41 Å². The average molecular weight is 868 g/mol. The Morgan fingerprint density at radius 2 is 1.70 bits per heavy atom. The molecule has 7 heterocycles. The SMILES string of the molecule is CC.COc1cn2ccnc2cc1-c1cc2c(cc1C(F)F)N(C(=N)C1=C(NC3CCN(c4cc5c(cc4F)C(=O)N(C4CCC(=O)NC4=O)C5)CC3)CCN(C(C)=O)C1)CCC2. The molecule has 0 radical (unpaired) electrons. The molecule has 1 unspecified atom stereocenters. The molecule has 3 N–H and O–H groups in total. The van der Waals surface area contributed by atoms with Crippen molar-refractivity contribution in [3.8, 4) is 16.9 Å². The monoisotopic (exact) mass is 867 g/mol. The zero-order chi connectivity index (χ0) is 44.7. The maximum absolute atomic E-state index is 15.7. The zero-order valence-corrected chi connectivity index (χ0v) is 35.9. The molecule has 14 nitrogen and oxygen atoms in total. The number of halogens is 3. The minimum atomic E-state index is -2.82.